The van der Waals surface area contributed by atoms with Crippen LogP contribution >= 0.6 is 0 Å². The number of nitriles is 1. The van der Waals surface area contributed by atoms with E-state index < -0.39 is 15.8 Å². The Labute approximate surface area is 118 Å². The molecule has 0 spiro atoms. The van der Waals surface area contributed by atoms with Crippen LogP contribution in [0.2, 0.25) is 0 Å². The highest BCUT2D eigenvalue weighted by molar-refractivity contribution is 7.91. The number of benzene rings is 1. The number of aryl methyl sites for hydroxylation is 1. The molecule has 0 atom stereocenters. The molecule has 0 saturated carbocycles. The predicted octanol–water partition coefficient (Wildman–Crippen LogP) is 2.41. The molecule has 0 fully saturated rings. The van der Waals surface area contributed by atoms with Gasteiger partial charge < -0.3 is 5.11 Å². The Morgan fingerprint density at radius 3 is 2.60 bits per heavy atom. The Balaban J connectivity index is 3.06. The van der Waals surface area contributed by atoms with Crippen LogP contribution in [0.1, 0.15) is 42.1 Å². The molecule has 1 aromatic carbocycles. The maximum Gasteiger partial charge on any atom is 0.335 e. The SMILES string of the molecule is CCc1ccc(C(=O)O)cc1S(=O)(=O)CCCCC#N. The molecule has 0 heterocycles. The summed E-state index contributed by atoms with van der Waals surface area (Å²) in [5, 5.41) is 17.4. The van der Waals surface area contributed by atoms with Crippen LogP contribution in [-0.2, 0) is 16.3 Å². The van der Waals surface area contributed by atoms with Crippen molar-refractivity contribution in [3.8, 4) is 6.07 Å². The number of carboxylic acid groups (broad SMARTS) is 1. The van der Waals surface area contributed by atoms with Gasteiger partial charge in [0.2, 0.25) is 0 Å². The van der Waals surface area contributed by atoms with E-state index in [9.17, 15) is 13.2 Å². The fraction of sp³-hybridized carbons (Fsp3) is 0.429. The number of carbonyl (C=O) groups is 1. The molecule has 0 unspecified atom stereocenters. The number of carboxylic acids is 1. The lowest BCUT2D eigenvalue weighted by molar-refractivity contribution is 0.0696. The quantitative estimate of drug-likeness (QED) is 0.779. The van der Waals surface area contributed by atoms with Gasteiger partial charge in [0.25, 0.3) is 0 Å². The monoisotopic (exact) mass is 295 g/mol. The molecule has 5 nitrogen and oxygen atoms in total. The lowest BCUT2D eigenvalue weighted by Crippen LogP contribution is -2.11. The van der Waals surface area contributed by atoms with E-state index in [4.69, 9.17) is 10.4 Å². The number of rotatable bonds is 7. The Morgan fingerprint density at radius 2 is 2.05 bits per heavy atom. The summed E-state index contributed by atoms with van der Waals surface area (Å²) < 4.78 is 24.5. The second-order valence-corrected chi connectivity index (χ2v) is 6.49. The summed E-state index contributed by atoms with van der Waals surface area (Å²) in [5.74, 6) is -1.21. The minimum Gasteiger partial charge on any atom is -0.478 e. The van der Waals surface area contributed by atoms with Crippen LogP contribution in [0.25, 0.3) is 0 Å². The number of hydrogen-bond acceptors (Lipinski definition) is 4. The van der Waals surface area contributed by atoms with Crippen LogP contribution < -0.4 is 0 Å². The van der Waals surface area contributed by atoms with Crippen LogP contribution in [0.15, 0.2) is 23.1 Å². The number of nitrogens with zero attached hydrogens (tertiary/aromatic N) is 1. The summed E-state index contributed by atoms with van der Waals surface area (Å²) >= 11 is 0. The van der Waals surface area contributed by atoms with Crippen LogP contribution in [0.5, 0.6) is 0 Å². The molecule has 108 valence electrons. The summed E-state index contributed by atoms with van der Waals surface area (Å²) in [6.45, 7) is 1.82. The van der Waals surface area contributed by atoms with Crippen LogP contribution in [0, 0.1) is 11.3 Å². The minimum absolute atomic E-state index is 0.0298. The van der Waals surface area contributed by atoms with Crippen LogP contribution in [0.4, 0.5) is 0 Å². The van der Waals surface area contributed by atoms with E-state index in [1.807, 2.05) is 13.0 Å². The summed E-state index contributed by atoms with van der Waals surface area (Å²) in [4.78, 5) is 11.0. The largest absolute Gasteiger partial charge is 0.478 e. The highest BCUT2D eigenvalue weighted by atomic mass is 32.2. The van der Waals surface area contributed by atoms with Gasteiger partial charge >= 0.3 is 5.97 Å². The van der Waals surface area contributed by atoms with Crippen LogP contribution in [0.3, 0.4) is 0 Å². The van der Waals surface area contributed by atoms with E-state index in [1.54, 1.807) is 6.07 Å². The third-order valence-corrected chi connectivity index (χ3v) is 4.86. The standard InChI is InChI=1S/C14H17NO4S/c1-2-11-6-7-12(14(16)17)10-13(11)20(18,19)9-5-3-4-8-15/h6-7,10H,2-5,9H2,1H3,(H,16,17). The first-order chi connectivity index (χ1) is 9.42. The van der Waals surface area contributed by atoms with Crippen molar-refractivity contribution in [3.63, 3.8) is 0 Å². The second-order valence-electron chi connectivity index (χ2n) is 4.42. The van der Waals surface area contributed by atoms with Gasteiger partial charge in [-0.3, -0.25) is 0 Å². The molecule has 0 aliphatic carbocycles. The molecule has 0 bridgehead atoms. The third kappa shape index (κ3) is 4.07. The Hall–Kier alpha value is -1.87. The van der Waals surface area contributed by atoms with Crippen molar-refractivity contribution in [3.05, 3.63) is 29.3 Å². The Kier molecular flexibility index (Phi) is 5.71. The van der Waals surface area contributed by atoms with Crippen LogP contribution in [-0.4, -0.2) is 25.2 Å². The van der Waals surface area contributed by atoms with E-state index in [1.165, 1.54) is 12.1 Å². The molecule has 0 saturated heterocycles. The number of unbranched alkanes of at least 4 members (excludes halogenated alkanes) is 2. The molecule has 0 aromatic heterocycles. The van der Waals surface area contributed by atoms with Gasteiger partial charge in [-0.1, -0.05) is 13.0 Å². The summed E-state index contributed by atoms with van der Waals surface area (Å²) in [5.41, 5.74) is 0.591. The van der Waals surface area contributed by atoms with Crippen molar-refractivity contribution in [1.29, 1.82) is 5.26 Å². The van der Waals surface area contributed by atoms with E-state index >= 15 is 0 Å². The summed E-state index contributed by atoms with van der Waals surface area (Å²) in [6.07, 6.45) is 1.77. The smallest absolute Gasteiger partial charge is 0.335 e. The van der Waals surface area contributed by atoms with Gasteiger partial charge in [0, 0.05) is 6.42 Å². The van der Waals surface area contributed by atoms with Crippen molar-refractivity contribution in [2.75, 3.05) is 5.75 Å². The maximum absolute atomic E-state index is 12.3. The highest BCUT2D eigenvalue weighted by Crippen LogP contribution is 2.21. The minimum atomic E-state index is -3.51. The van der Waals surface area contributed by atoms with Gasteiger partial charge in [0.1, 0.15) is 0 Å². The Morgan fingerprint density at radius 1 is 1.35 bits per heavy atom. The first-order valence-electron chi connectivity index (χ1n) is 6.38. The van der Waals surface area contributed by atoms with E-state index in [-0.39, 0.29) is 16.2 Å². The third-order valence-electron chi connectivity index (χ3n) is 2.98. The van der Waals surface area contributed by atoms with Gasteiger partial charge in [-0.15, -0.1) is 0 Å². The van der Waals surface area contributed by atoms with Crippen molar-refractivity contribution in [2.45, 2.75) is 37.5 Å². The zero-order chi connectivity index (χ0) is 15.2. The summed E-state index contributed by atoms with van der Waals surface area (Å²) in [6, 6.07) is 6.15. The van der Waals surface area contributed by atoms with Gasteiger partial charge in [0.15, 0.2) is 9.84 Å². The zero-order valence-corrected chi connectivity index (χ0v) is 12.1. The number of aromatic carboxylic acids is 1. The van der Waals surface area contributed by atoms with E-state index in [0.29, 0.717) is 31.2 Å². The molecule has 6 heteroatoms. The topological polar surface area (TPSA) is 95.2 Å². The molecule has 0 aliphatic rings. The number of sulfone groups is 1. The molecular weight excluding hydrogens is 278 g/mol. The van der Waals surface area contributed by atoms with Gasteiger partial charge in [-0.2, -0.15) is 5.26 Å². The van der Waals surface area contributed by atoms with E-state index in [0.717, 1.165) is 0 Å². The van der Waals surface area contributed by atoms with Gasteiger partial charge in [-0.05, 0) is 37.0 Å². The fourth-order valence-electron chi connectivity index (χ4n) is 1.88. The molecule has 0 aliphatic heterocycles. The lowest BCUT2D eigenvalue weighted by Gasteiger charge is -2.10. The molecule has 1 aromatic rings. The first-order valence-corrected chi connectivity index (χ1v) is 8.03. The van der Waals surface area contributed by atoms with Crippen molar-refractivity contribution in [2.24, 2.45) is 0 Å². The molecule has 20 heavy (non-hydrogen) atoms. The average Bonchev–Trinajstić information content (AvgIpc) is 2.42. The molecule has 1 rings (SSSR count). The van der Waals surface area contributed by atoms with Crippen molar-refractivity contribution in [1.82, 2.24) is 0 Å². The zero-order valence-electron chi connectivity index (χ0n) is 11.3. The van der Waals surface area contributed by atoms with Crippen molar-refractivity contribution >= 4 is 15.8 Å². The second kappa shape index (κ2) is 7.06. The summed E-state index contributed by atoms with van der Waals surface area (Å²) in [7, 11) is -3.51. The Bertz CT molecular complexity index is 629. The average molecular weight is 295 g/mol. The number of hydrogen-bond donors (Lipinski definition) is 1. The molecule has 0 amide bonds. The normalized spacial score (nSPS) is 11.0. The highest BCUT2D eigenvalue weighted by Gasteiger charge is 2.19. The van der Waals surface area contributed by atoms with E-state index in [2.05, 4.69) is 0 Å². The van der Waals surface area contributed by atoms with Gasteiger partial charge in [0.05, 0.1) is 22.3 Å². The first kappa shape index (κ1) is 16.2. The lowest BCUT2D eigenvalue weighted by atomic mass is 10.1. The van der Waals surface area contributed by atoms with Gasteiger partial charge in [-0.25, -0.2) is 13.2 Å². The predicted molar refractivity (Wildman–Crippen MR) is 74.3 cm³/mol. The molecule has 1 N–H and O–H groups in total. The molecular formula is C14H17NO4S. The molecule has 0 radical (unpaired) electrons. The van der Waals surface area contributed by atoms with Crippen molar-refractivity contribution < 1.29 is 18.3 Å². The maximum atomic E-state index is 12.3. The fourth-order valence-corrected chi connectivity index (χ4v) is 3.60.